The fourth-order valence-electron chi connectivity index (χ4n) is 1.61. The second-order valence-electron chi connectivity index (χ2n) is 3.89. The number of nitrogens with zero attached hydrogens (tertiary/aromatic N) is 1. The Labute approximate surface area is 111 Å². The van der Waals surface area contributed by atoms with E-state index < -0.39 is 0 Å². The quantitative estimate of drug-likeness (QED) is 0.856. The van der Waals surface area contributed by atoms with Crippen molar-refractivity contribution in [2.75, 3.05) is 14.2 Å². The number of hydrogen-bond donors (Lipinski definition) is 1. The third-order valence-corrected chi connectivity index (χ3v) is 2.62. The van der Waals surface area contributed by atoms with Crippen LogP contribution in [0.25, 0.3) is 0 Å². The summed E-state index contributed by atoms with van der Waals surface area (Å²) in [6.45, 7) is 0. The molecule has 2 aromatic carbocycles. The Balaban J connectivity index is 2.21. The summed E-state index contributed by atoms with van der Waals surface area (Å²) in [5.41, 5.74) is 1.68. The molecule has 0 aliphatic carbocycles. The first kappa shape index (κ1) is 13.0. The van der Waals surface area contributed by atoms with E-state index in [1.165, 1.54) is 0 Å². The maximum atomic E-state index is 9.19. The zero-order valence-corrected chi connectivity index (χ0v) is 10.8. The van der Waals surface area contributed by atoms with Crippen LogP contribution in [-0.2, 0) is 0 Å². The van der Waals surface area contributed by atoms with Gasteiger partial charge in [-0.05, 0) is 42.0 Å². The zero-order chi connectivity index (χ0) is 13.7. The lowest BCUT2D eigenvalue weighted by molar-refractivity contribution is 0.355. The van der Waals surface area contributed by atoms with Gasteiger partial charge >= 0.3 is 0 Å². The van der Waals surface area contributed by atoms with Gasteiger partial charge in [-0.15, -0.1) is 0 Å². The number of aliphatic imine (C=N–C) groups is 1. The van der Waals surface area contributed by atoms with Gasteiger partial charge in [0.1, 0.15) is 5.75 Å². The highest BCUT2D eigenvalue weighted by Gasteiger charge is 2.03. The van der Waals surface area contributed by atoms with Crippen LogP contribution in [0.15, 0.2) is 47.5 Å². The third-order valence-electron chi connectivity index (χ3n) is 2.62. The molecule has 0 saturated carbocycles. The Hall–Kier alpha value is -2.49. The fraction of sp³-hybridized carbons (Fsp3) is 0.133. The van der Waals surface area contributed by atoms with Crippen LogP contribution >= 0.6 is 0 Å². The minimum Gasteiger partial charge on any atom is -0.508 e. The van der Waals surface area contributed by atoms with Crippen LogP contribution in [0.1, 0.15) is 5.56 Å². The average Bonchev–Trinajstić information content (AvgIpc) is 2.46. The van der Waals surface area contributed by atoms with Crippen molar-refractivity contribution in [3.8, 4) is 17.2 Å². The third kappa shape index (κ3) is 3.25. The van der Waals surface area contributed by atoms with Gasteiger partial charge in [0.05, 0.1) is 19.9 Å². The van der Waals surface area contributed by atoms with Gasteiger partial charge in [-0.2, -0.15) is 0 Å². The van der Waals surface area contributed by atoms with Crippen LogP contribution in [0.5, 0.6) is 17.2 Å². The number of phenolic OH excluding ortho intramolecular Hbond substituents is 1. The summed E-state index contributed by atoms with van der Waals surface area (Å²) < 4.78 is 10.4. The molecule has 0 unspecified atom stereocenters. The lowest BCUT2D eigenvalue weighted by Gasteiger charge is -2.07. The van der Waals surface area contributed by atoms with Gasteiger partial charge in [-0.25, -0.2) is 0 Å². The van der Waals surface area contributed by atoms with Crippen molar-refractivity contribution in [2.45, 2.75) is 0 Å². The average molecular weight is 257 g/mol. The van der Waals surface area contributed by atoms with Crippen molar-refractivity contribution in [1.82, 2.24) is 0 Å². The molecule has 0 bridgehead atoms. The van der Waals surface area contributed by atoms with E-state index in [1.54, 1.807) is 50.8 Å². The number of rotatable bonds is 4. The van der Waals surface area contributed by atoms with Crippen LogP contribution in [0, 0.1) is 0 Å². The number of aromatic hydroxyl groups is 1. The first-order valence-corrected chi connectivity index (χ1v) is 5.78. The molecule has 0 saturated heterocycles. The molecule has 0 aromatic heterocycles. The summed E-state index contributed by atoms with van der Waals surface area (Å²) >= 11 is 0. The molecular formula is C15H15NO3. The largest absolute Gasteiger partial charge is 0.508 e. The minimum atomic E-state index is 0.239. The van der Waals surface area contributed by atoms with Gasteiger partial charge in [0.25, 0.3) is 0 Å². The summed E-state index contributed by atoms with van der Waals surface area (Å²) in [4.78, 5) is 4.35. The van der Waals surface area contributed by atoms with E-state index in [0.29, 0.717) is 11.5 Å². The van der Waals surface area contributed by atoms with Gasteiger partial charge in [0, 0.05) is 12.3 Å². The molecule has 98 valence electrons. The second-order valence-corrected chi connectivity index (χ2v) is 3.89. The summed E-state index contributed by atoms with van der Waals surface area (Å²) in [6.07, 6.45) is 1.72. The molecule has 4 nitrogen and oxygen atoms in total. The molecule has 0 radical (unpaired) electrons. The fourth-order valence-corrected chi connectivity index (χ4v) is 1.61. The summed E-state index contributed by atoms with van der Waals surface area (Å²) in [6, 6.07) is 12.3. The molecule has 0 fully saturated rings. The normalized spacial score (nSPS) is 10.6. The van der Waals surface area contributed by atoms with E-state index >= 15 is 0 Å². The monoisotopic (exact) mass is 257 g/mol. The molecule has 0 aliphatic heterocycles. The zero-order valence-electron chi connectivity index (χ0n) is 10.8. The molecule has 0 amide bonds. The van der Waals surface area contributed by atoms with Gasteiger partial charge in [0.2, 0.25) is 0 Å². The summed E-state index contributed by atoms with van der Waals surface area (Å²) in [7, 11) is 3.18. The van der Waals surface area contributed by atoms with Crippen molar-refractivity contribution < 1.29 is 14.6 Å². The molecule has 0 aliphatic rings. The summed E-state index contributed by atoms with van der Waals surface area (Å²) in [5.74, 6) is 1.55. The van der Waals surface area contributed by atoms with Gasteiger partial charge in [-0.3, -0.25) is 4.99 Å². The van der Waals surface area contributed by atoms with E-state index in [2.05, 4.69) is 4.99 Å². The van der Waals surface area contributed by atoms with Crippen LogP contribution in [0.4, 0.5) is 5.69 Å². The smallest absolute Gasteiger partial charge is 0.162 e. The van der Waals surface area contributed by atoms with Crippen molar-refractivity contribution >= 4 is 11.9 Å². The second kappa shape index (κ2) is 5.91. The molecule has 19 heavy (non-hydrogen) atoms. The van der Waals surface area contributed by atoms with Crippen LogP contribution in [-0.4, -0.2) is 25.5 Å². The SMILES string of the molecule is COc1ccc(N=Cc2ccc(O)cc2)cc1OC. The Morgan fingerprint density at radius 1 is 0.947 bits per heavy atom. The topological polar surface area (TPSA) is 51.0 Å². The van der Waals surface area contributed by atoms with Crippen LogP contribution in [0.3, 0.4) is 0 Å². The summed E-state index contributed by atoms with van der Waals surface area (Å²) in [5, 5.41) is 9.19. The number of phenols is 1. The molecule has 1 N–H and O–H groups in total. The van der Waals surface area contributed by atoms with E-state index in [-0.39, 0.29) is 5.75 Å². The maximum Gasteiger partial charge on any atom is 0.162 e. The van der Waals surface area contributed by atoms with Crippen molar-refractivity contribution in [1.29, 1.82) is 0 Å². The van der Waals surface area contributed by atoms with Crippen LogP contribution < -0.4 is 9.47 Å². The maximum absolute atomic E-state index is 9.19. The highest BCUT2D eigenvalue weighted by atomic mass is 16.5. The molecule has 0 heterocycles. The highest BCUT2D eigenvalue weighted by molar-refractivity contribution is 5.82. The lowest BCUT2D eigenvalue weighted by atomic mass is 10.2. The van der Waals surface area contributed by atoms with Crippen LogP contribution in [0.2, 0.25) is 0 Å². The first-order valence-electron chi connectivity index (χ1n) is 5.78. The number of hydrogen-bond acceptors (Lipinski definition) is 4. The predicted molar refractivity (Wildman–Crippen MR) is 74.9 cm³/mol. The van der Waals surface area contributed by atoms with Crippen molar-refractivity contribution in [3.05, 3.63) is 48.0 Å². The van der Waals surface area contributed by atoms with E-state index in [4.69, 9.17) is 9.47 Å². The Bertz CT molecular complexity index is 576. The molecule has 0 spiro atoms. The van der Waals surface area contributed by atoms with Crippen molar-refractivity contribution in [3.63, 3.8) is 0 Å². The van der Waals surface area contributed by atoms with Gasteiger partial charge in [0.15, 0.2) is 11.5 Å². The Morgan fingerprint density at radius 2 is 1.63 bits per heavy atom. The molecule has 0 atom stereocenters. The first-order chi connectivity index (χ1) is 9.22. The molecule has 2 rings (SSSR count). The Kier molecular flexibility index (Phi) is 4.03. The molecular weight excluding hydrogens is 242 g/mol. The molecule has 4 heteroatoms. The Morgan fingerprint density at radius 3 is 2.26 bits per heavy atom. The minimum absolute atomic E-state index is 0.239. The predicted octanol–water partition coefficient (Wildman–Crippen LogP) is 3.16. The van der Waals surface area contributed by atoms with Gasteiger partial charge < -0.3 is 14.6 Å². The molecule has 2 aromatic rings. The van der Waals surface area contributed by atoms with E-state index in [1.807, 2.05) is 12.1 Å². The van der Waals surface area contributed by atoms with Crippen molar-refractivity contribution in [2.24, 2.45) is 4.99 Å². The van der Waals surface area contributed by atoms with E-state index in [9.17, 15) is 5.11 Å². The standard InChI is InChI=1S/C15H15NO3/c1-18-14-8-5-12(9-15(14)19-2)16-10-11-3-6-13(17)7-4-11/h3-10,17H,1-2H3. The van der Waals surface area contributed by atoms with E-state index in [0.717, 1.165) is 11.3 Å². The number of benzene rings is 2. The number of ether oxygens (including phenoxy) is 2. The lowest BCUT2D eigenvalue weighted by Crippen LogP contribution is -1.89. The van der Waals surface area contributed by atoms with Gasteiger partial charge in [-0.1, -0.05) is 0 Å². The number of methoxy groups -OCH3 is 2. The highest BCUT2D eigenvalue weighted by Crippen LogP contribution is 2.30.